The molecule has 0 aromatic heterocycles. The Morgan fingerprint density at radius 3 is 2.37 bits per heavy atom. The summed E-state index contributed by atoms with van der Waals surface area (Å²) in [4.78, 5) is 0. The Hall–Kier alpha value is -1.00. The number of nitrogens with one attached hydrogen (secondary N) is 1. The van der Waals surface area contributed by atoms with E-state index in [9.17, 15) is 8.78 Å². The Bertz CT molecular complexity index is 422. The Morgan fingerprint density at radius 2 is 1.79 bits per heavy atom. The molecule has 1 N–H and O–H groups in total. The first-order valence-corrected chi connectivity index (χ1v) is 6.67. The number of hydrogen-bond donors (Lipinski definition) is 1. The molecule has 4 heteroatoms. The highest BCUT2D eigenvalue weighted by molar-refractivity contribution is 5.21. The molecular formula is C15H21F2NO. The van der Waals surface area contributed by atoms with Crippen LogP contribution in [0, 0.1) is 17.0 Å². The fourth-order valence-corrected chi connectivity index (χ4v) is 2.45. The van der Waals surface area contributed by atoms with Gasteiger partial charge in [0.2, 0.25) is 0 Å². The molecule has 1 aliphatic rings. The summed E-state index contributed by atoms with van der Waals surface area (Å²) in [5, 5.41) is 3.44. The fraction of sp³-hybridized carbons (Fsp3) is 0.600. The predicted molar refractivity (Wildman–Crippen MR) is 70.9 cm³/mol. The zero-order valence-corrected chi connectivity index (χ0v) is 11.7. The van der Waals surface area contributed by atoms with Crippen molar-refractivity contribution in [2.75, 3.05) is 13.2 Å². The summed E-state index contributed by atoms with van der Waals surface area (Å²) in [6.07, 6.45) is 0.607. The third-order valence-electron chi connectivity index (χ3n) is 3.58. The van der Waals surface area contributed by atoms with Crippen molar-refractivity contribution in [3.63, 3.8) is 0 Å². The maximum absolute atomic E-state index is 13.2. The van der Waals surface area contributed by atoms with Gasteiger partial charge in [0.05, 0.1) is 6.10 Å². The van der Waals surface area contributed by atoms with E-state index in [1.807, 2.05) is 0 Å². The average Bonchev–Trinajstić information content (AvgIpc) is 2.52. The van der Waals surface area contributed by atoms with Gasteiger partial charge in [-0.1, -0.05) is 20.8 Å². The molecule has 0 aliphatic carbocycles. The minimum Gasteiger partial charge on any atom is -0.372 e. The van der Waals surface area contributed by atoms with E-state index in [4.69, 9.17) is 4.74 Å². The second-order valence-electron chi connectivity index (χ2n) is 6.18. The number of rotatable bonds is 1. The molecule has 1 aromatic rings. The van der Waals surface area contributed by atoms with Gasteiger partial charge in [0.1, 0.15) is 11.6 Å². The first-order valence-electron chi connectivity index (χ1n) is 6.67. The van der Waals surface area contributed by atoms with Crippen LogP contribution in [0.15, 0.2) is 18.2 Å². The lowest BCUT2D eigenvalue weighted by molar-refractivity contribution is 0.0649. The lowest BCUT2D eigenvalue weighted by atomic mass is 9.85. The monoisotopic (exact) mass is 269 g/mol. The van der Waals surface area contributed by atoms with Crippen LogP contribution in [0.25, 0.3) is 0 Å². The standard InChI is InChI=1S/C15H21F2NO/c1-15(2,3)14-4-5-19-13(9-18-14)10-6-11(16)8-12(17)7-10/h6-8,13-14,18H,4-5,9H2,1-3H3. The molecule has 19 heavy (non-hydrogen) atoms. The lowest BCUT2D eigenvalue weighted by Crippen LogP contribution is -2.40. The molecule has 1 fully saturated rings. The molecule has 1 saturated heterocycles. The third kappa shape index (κ3) is 3.74. The van der Waals surface area contributed by atoms with Crippen molar-refractivity contribution in [2.24, 2.45) is 5.41 Å². The van der Waals surface area contributed by atoms with Crippen LogP contribution in [-0.4, -0.2) is 19.2 Å². The van der Waals surface area contributed by atoms with E-state index in [-0.39, 0.29) is 11.5 Å². The normalized spacial score (nSPS) is 25.1. The van der Waals surface area contributed by atoms with E-state index < -0.39 is 11.6 Å². The van der Waals surface area contributed by atoms with Gasteiger partial charge in [-0.15, -0.1) is 0 Å². The Morgan fingerprint density at radius 1 is 1.16 bits per heavy atom. The van der Waals surface area contributed by atoms with Crippen LogP contribution < -0.4 is 5.32 Å². The second-order valence-corrected chi connectivity index (χ2v) is 6.18. The molecule has 0 spiro atoms. The molecule has 2 unspecified atom stereocenters. The van der Waals surface area contributed by atoms with Crippen LogP contribution in [0.1, 0.15) is 38.9 Å². The van der Waals surface area contributed by atoms with Gasteiger partial charge in [-0.3, -0.25) is 0 Å². The number of ether oxygens (including phenoxy) is 1. The first-order chi connectivity index (χ1) is 8.86. The Balaban J connectivity index is 2.11. The number of halogens is 2. The third-order valence-corrected chi connectivity index (χ3v) is 3.58. The van der Waals surface area contributed by atoms with E-state index in [0.29, 0.717) is 24.8 Å². The molecule has 1 heterocycles. The van der Waals surface area contributed by atoms with Crippen LogP contribution in [-0.2, 0) is 4.74 Å². The first kappa shape index (κ1) is 14.4. The molecule has 0 saturated carbocycles. The van der Waals surface area contributed by atoms with Gasteiger partial charge < -0.3 is 10.1 Å². The summed E-state index contributed by atoms with van der Waals surface area (Å²) in [6.45, 7) is 7.69. The van der Waals surface area contributed by atoms with E-state index >= 15 is 0 Å². The van der Waals surface area contributed by atoms with Gasteiger partial charge in [-0.2, -0.15) is 0 Å². The van der Waals surface area contributed by atoms with Crippen molar-refractivity contribution >= 4 is 0 Å². The number of hydrogen-bond acceptors (Lipinski definition) is 2. The zero-order chi connectivity index (χ0) is 14.0. The van der Waals surface area contributed by atoms with E-state index in [1.54, 1.807) is 0 Å². The minimum absolute atomic E-state index is 0.144. The summed E-state index contributed by atoms with van der Waals surface area (Å²) >= 11 is 0. The summed E-state index contributed by atoms with van der Waals surface area (Å²) in [5.74, 6) is -1.12. The molecule has 106 valence electrons. The minimum atomic E-state index is -0.560. The molecule has 2 nitrogen and oxygen atoms in total. The lowest BCUT2D eigenvalue weighted by Gasteiger charge is -2.30. The summed E-state index contributed by atoms with van der Waals surface area (Å²) in [5.41, 5.74) is 0.699. The Labute approximate surface area is 113 Å². The molecule has 1 aromatic carbocycles. The average molecular weight is 269 g/mol. The van der Waals surface area contributed by atoms with Gasteiger partial charge in [0, 0.05) is 25.3 Å². The van der Waals surface area contributed by atoms with E-state index in [1.165, 1.54) is 12.1 Å². The SMILES string of the molecule is CC(C)(C)C1CCOC(c2cc(F)cc(F)c2)CN1. The van der Waals surface area contributed by atoms with Crippen molar-refractivity contribution in [3.8, 4) is 0 Å². The molecule has 1 aliphatic heterocycles. The highest BCUT2D eigenvalue weighted by atomic mass is 19.1. The predicted octanol–water partition coefficient (Wildman–Crippen LogP) is 3.43. The van der Waals surface area contributed by atoms with Gasteiger partial charge in [-0.25, -0.2) is 8.78 Å². The van der Waals surface area contributed by atoms with Crippen LogP contribution in [0.3, 0.4) is 0 Å². The molecular weight excluding hydrogens is 248 g/mol. The van der Waals surface area contributed by atoms with Crippen molar-refractivity contribution in [2.45, 2.75) is 39.3 Å². The molecule has 2 atom stereocenters. The van der Waals surface area contributed by atoms with Crippen molar-refractivity contribution in [1.29, 1.82) is 0 Å². The zero-order valence-electron chi connectivity index (χ0n) is 11.7. The fourth-order valence-electron chi connectivity index (χ4n) is 2.45. The van der Waals surface area contributed by atoms with Crippen LogP contribution in [0.2, 0.25) is 0 Å². The van der Waals surface area contributed by atoms with Gasteiger partial charge in [0.15, 0.2) is 0 Å². The molecule has 0 radical (unpaired) electrons. The van der Waals surface area contributed by atoms with Gasteiger partial charge in [-0.05, 0) is 29.5 Å². The topological polar surface area (TPSA) is 21.3 Å². The quantitative estimate of drug-likeness (QED) is 0.843. The maximum atomic E-state index is 13.2. The molecule has 0 amide bonds. The van der Waals surface area contributed by atoms with Crippen LogP contribution in [0.4, 0.5) is 8.78 Å². The highest BCUT2D eigenvalue weighted by Crippen LogP contribution is 2.27. The van der Waals surface area contributed by atoms with Crippen molar-refractivity contribution in [3.05, 3.63) is 35.4 Å². The Kier molecular flexibility index (Phi) is 4.21. The maximum Gasteiger partial charge on any atom is 0.126 e. The summed E-state index contributed by atoms with van der Waals surface area (Å²) in [6, 6.07) is 3.90. The van der Waals surface area contributed by atoms with Crippen molar-refractivity contribution in [1.82, 2.24) is 5.32 Å². The van der Waals surface area contributed by atoms with Gasteiger partial charge >= 0.3 is 0 Å². The summed E-state index contributed by atoms with van der Waals surface area (Å²) in [7, 11) is 0. The van der Waals surface area contributed by atoms with Crippen LogP contribution >= 0.6 is 0 Å². The molecule has 2 rings (SSSR count). The molecule has 0 bridgehead atoms. The number of benzene rings is 1. The van der Waals surface area contributed by atoms with Gasteiger partial charge in [0.25, 0.3) is 0 Å². The van der Waals surface area contributed by atoms with Crippen molar-refractivity contribution < 1.29 is 13.5 Å². The smallest absolute Gasteiger partial charge is 0.126 e. The largest absolute Gasteiger partial charge is 0.372 e. The second kappa shape index (κ2) is 5.55. The summed E-state index contributed by atoms with van der Waals surface area (Å²) < 4.78 is 32.2. The highest BCUT2D eigenvalue weighted by Gasteiger charge is 2.28. The van der Waals surface area contributed by atoms with Crippen LogP contribution in [0.5, 0.6) is 0 Å². The van der Waals surface area contributed by atoms with E-state index in [2.05, 4.69) is 26.1 Å². The van der Waals surface area contributed by atoms with E-state index in [0.717, 1.165) is 12.5 Å².